The van der Waals surface area contributed by atoms with Crippen molar-refractivity contribution in [3.05, 3.63) is 59.7 Å². The highest BCUT2D eigenvalue weighted by Gasteiger charge is 2.28. The molecule has 2 aromatic rings. The molecule has 0 bridgehead atoms. The number of rotatable bonds is 13. The van der Waals surface area contributed by atoms with Gasteiger partial charge in [0.05, 0.1) is 12.5 Å². The maximum absolute atomic E-state index is 12.2. The number of ether oxygens (including phenoxy) is 2. The van der Waals surface area contributed by atoms with E-state index in [0.29, 0.717) is 19.4 Å². The van der Waals surface area contributed by atoms with Crippen LogP contribution in [-0.2, 0) is 19.1 Å². The quantitative estimate of drug-likeness (QED) is 0.386. The summed E-state index contributed by atoms with van der Waals surface area (Å²) in [6, 6.07) is 16.4. The number of hydrogen-bond donors (Lipinski definition) is 3. The fraction of sp³-hybridized carbons (Fsp3) is 0.423. The molecular formula is C26H32N2O6. The second-order valence-electron chi connectivity index (χ2n) is 8.32. The molecule has 0 aromatic heterocycles. The van der Waals surface area contributed by atoms with Crippen LogP contribution in [0.25, 0.3) is 11.1 Å². The zero-order valence-corrected chi connectivity index (χ0v) is 19.4. The van der Waals surface area contributed by atoms with Gasteiger partial charge in [-0.2, -0.15) is 0 Å². The fourth-order valence-corrected chi connectivity index (χ4v) is 4.18. The first-order valence-electron chi connectivity index (χ1n) is 11.6. The smallest absolute Gasteiger partial charge is 0.407 e. The lowest BCUT2D eigenvalue weighted by Crippen LogP contribution is -2.34. The highest BCUT2D eigenvalue weighted by molar-refractivity contribution is 5.79. The maximum atomic E-state index is 12.2. The van der Waals surface area contributed by atoms with Crippen molar-refractivity contribution in [2.24, 2.45) is 0 Å². The zero-order valence-electron chi connectivity index (χ0n) is 19.4. The van der Waals surface area contributed by atoms with Gasteiger partial charge >= 0.3 is 12.1 Å². The van der Waals surface area contributed by atoms with Gasteiger partial charge in [0.25, 0.3) is 0 Å². The summed E-state index contributed by atoms with van der Waals surface area (Å²) in [7, 11) is 1.42. The van der Waals surface area contributed by atoms with E-state index in [1.807, 2.05) is 24.3 Å². The molecule has 8 nitrogen and oxygen atoms in total. The van der Waals surface area contributed by atoms with E-state index in [9.17, 15) is 14.4 Å². The molecule has 0 fully saturated rings. The van der Waals surface area contributed by atoms with Crippen molar-refractivity contribution in [2.45, 2.75) is 44.1 Å². The number of benzene rings is 2. The molecule has 0 saturated heterocycles. The van der Waals surface area contributed by atoms with Crippen LogP contribution in [0.5, 0.6) is 0 Å². The van der Waals surface area contributed by atoms with Crippen molar-refractivity contribution < 1.29 is 29.0 Å². The summed E-state index contributed by atoms with van der Waals surface area (Å²) in [6.07, 6.45) is 1.39. The Labute approximate surface area is 199 Å². The zero-order chi connectivity index (χ0) is 24.3. The molecule has 8 heteroatoms. The molecular weight excluding hydrogens is 436 g/mol. The fourth-order valence-electron chi connectivity index (χ4n) is 4.18. The molecule has 182 valence electrons. The van der Waals surface area contributed by atoms with Crippen LogP contribution in [0.3, 0.4) is 0 Å². The van der Waals surface area contributed by atoms with E-state index in [1.54, 1.807) is 0 Å². The minimum atomic E-state index is -0.968. The van der Waals surface area contributed by atoms with Crippen molar-refractivity contribution >= 4 is 18.0 Å². The topological polar surface area (TPSA) is 114 Å². The molecule has 0 saturated carbocycles. The largest absolute Gasteiger partial charge is 0.481 e. The Morgan fingerprint density at radius 1 is 0.941 bits per heavy atom. The van der Waals surface area contributed by atoms with Gasteiger partial charge in [0, 0.05) is 32.5 Å². The van der Waals surface area contributed by atoms with Gasteiger partial charge in [-0.05, 0) is 35.1 Å². The Hall–Kier alpha value is -3.39. The molecule has 0 spiro atoms. The second kappa shape index (κ2) is 12.7. The lowest BCUT2D eigenvalue weighted by atomic mass is 9.98. The van der Waals surface area contributed by atoms with Gasteiger partial charge in [0.2, 0.25) is 5.91 Å². The first-order chi connectivity index (χ1) is 16.5. The number of carbonyl (C=O) groups excluding carboxylic acids is 2. The van der Waals surface area contributed by atoms with Crippen LogP contribution in [0.2, 0.25) is 0 Å². The van der Waals surface area contributed by atoms with Gasteiger partial charge < -0.3 is 25.2 Å². The lowest BCUT2D eigenvalue weighted by molar-refractivity contribution is -0.140. The predicted molar refractivity (Wildman–Crippen MR) is 128 cm³/mol. The van der Waals surface area contributed by atoms with Crippen LogP contribution >= 0.6 is 0 Å². The van der Waals surface area contributed by atoms with Gasteiger partial charge in [0.1, 0.15) is 6.61 Å². The number of methoxy groups -OCH3 is 1. The Morgan fingerprint density at radius 3 is 2.21 bits per heavy atom. The van der Waals surface area contributed by atoms with Gasteiger partial charge in [0.15, 0.2) is 0 Å². The standard InChI is InChI=1S/C26H32N2O6/c1-33-18(15-25(30)31)16-28-24(29)13-3-2-8-14-27-26(32)34-17-23-21-11-6-4-9-19(21)20-10-5-7-12-22(20)23/h4-7,9-12,18,23H,2-3,8,13-17H2,1H3,(H,27,32)(H,28,29)(H,30,31). The van der Waals surface area contributed by atoms with E-state index < -0.39 is 18.2 Å². The summed E-state index contributed by atoms with van der Waals surface area (Å²) in [5, 5.41) is 14.2. The number of carboxylic acids is 1. The Morgan fingerprint density at radius 2 is 1.59 bits per heavy atom. The van der Waals surface area contributed by atoms with E-state index in [0.717, 1.165) is 12.8 Å². The normalized spacial score (nSPS) is 13.0. The first kappa shape index (κ1) is 25.2. The third kappa shape index (κ3) is 7.05. The molecule has 1 aliphatic carbocycles. The number of aliphatic carboxylic acids is 1. The number of amides is 2. The molecule has 0 radical (unpaired) electrons. The summed E-state index contributed by atoms with van der Waals surface area (Å²) in [5.74, 6) is -1.08. The number of carboxylic acid groups (broad SMARTS) is 1. The van der Waals surface area contributed by atoms with Gasteiger partial charge in [-0.1, -0.05) is 55.0 Å². The summed E-state index contributed by atoms with van der Waals surface area (Å²) in [6.45, 7) is 0.929. The molecule has 1 atom stereocenters. The molecule has 2 amide bonds. The van der Waals surface area contributed by atoms with E-state index in [1.165, 1.54) is 29.4 Å². The number of fused-ring (bicyclic) bond motifs is 3. The van der Waals surface area contributed by atoms with E-state index in [4.69, 9.17) is 14.6 Å². The lowest BCUT2D eigenvalue weighted by Gasteiger charge is -2.14. The number of unbranched alkanes of at least 4 members (excludes halogenated alkanes) is 2. The van der Waals surface area contributed by atoms with Crippen molar-refractivity contribution in [1.82, 2.24) is 10.6 Å². The van der Waals surface area contributed by atoms with Gasteiger partial charge in [-0.15, -0.1) is 0 Å². The van der Waals surface area contributed by atoms with Crippen LogP contribution in [0.4, 0.5) is 4.79 Å². The van der Waals surface area contributed by atoms with Crippen molar-refractivity contribution in [1.29, 1.82) is 0 Å². The third-order valence-electron chi connectivity index (χ3n) is 5.96. The highest BCUT2D eigenvalue weighted by atomic mass is 16.5. The van der Waals surface area contributed by atoms with Gasteiger partial charge in [-0.3, -0.25) is 9.59 Å². The molecule has 1 unspecified atom stereocenters. The number of nitrogens with one attached hydrogen (secondary N) is 2. The van der Waals surface area contributed by atoms with E-state index in [-0.39, 0.29) is 31.4 Å². The Balaban J connectivity index is 1.30. The first-order valence-corrected chi connectivity index (χ1v) is 11.6. The number of alkyl carbamates (subject to hydrolysis) is 1. The van der Waals surface area contributed by atoms with Crippen LogP contribution < -0.4 is 10.6 Å². The van der Waals surface area contributed by atoms with E-state index >= 15 is 0 Å². The van der Waals surface area contributed by atoms with Crippen molar-refractivity contribution in [3.8, 4) is 11.1 Å². The number of carbonyl (C=O) groups is 3. The summed E-state index contributed by atoms with van der Waals surface area (Å²) >= 11 is 0. The van der Waals surface area contributed by atoms with Crippen LogP contribution in [0.1, 0.15) is 49.1 Å². The van der Waals surface area contributed by atoms with Gasteiger partial charge in [-0.25, -0.2) is 4.79 Å². The SMILES string of the molecule is COC(CNC(=O)CCCCCNC(=O)OCC1c2ccccc2-c2ccccc21)CC(=O)O. The average molecular weight is 469 g/mol. The Kier molecular flexibility index (Phi) is 9.46. The van der Waals surface area contributed by atoms with Crippen LogP contribution in [-0.4, -0.2) is 56.0 Å². The summed E-state index contributed by atoms with van der Waals surface area (Å²) < 4.78 is 10.5. The molecule has 1 aliphatic rings. The monoisotopic (exact) mass is 468 g/mol. The number of hydrogen-bond acceptors (Lipinski definition) is 5. The van der Waals surface area contributed by atoms with Crippen molar-refractivity contribution in [3.63, 3.8) is 0 Å². The van der Waals surface area contributed by atoms with Crippen molar-refractivity contribution in [2.75, 3.05) is 26.8 Å². The molecule has 3 N–H and O–H groups in total. The second-order valence-corrected chi connectivity index (χ2v) is 8.32. The molecule has 34 heavy (non-hydrogen) atoms. The maximum Gasteiger partial charge on any atom is 0.407 e. The molecule has 2 aromatic carbocycles. The minimum absolute atomic E-state index is 0.0323. The predicted octanol–water partition coefficient (Wildman–Crippen LogP) is 3.69. The Bertz CT molecular complexity index is 947. The summed E-state index contributed by atoms with van der Waals surface area (Å²) in [5.41, 5.74) is 4.73. The third-order valence-corrected chi connectivity index (χ3v) is 5.96. The average Bonchev–Trinajstić information content (AvgIpc) is 3.16. The molecule has 0 heterocycles. The molecule has 3 rings (SSSR count). The van der Waals surface area contributed by atoms with E-state index in [2.05, 4.69) is 34.9 Å². The molecule has 0 aliphatic heterocycles. The minimum Gasteiger partial charge on any atom is -0.481 e. The highest BCUT2D eigenvalue weighted by Crippen LogP contribution is 2.44. The summed E-state index contributed by atoms with van der Waals surface area (Å²) in [4.78, 5) is 34.7. The van der Waals surface area contributed by atoms with Crippen LogP contribution in [0.15, 0.2) is 48.5 Å². The van der Waals surface area contributed by atoms with Crippen LogP contribution in [0, 0.1) is 0 Å².